The Labute approximate surface area is 406 Å². The lowest BCUT2D eigenvalue weighted by Crippen LogP contribution is -2.45. The number of amides is 1. The van der Waals surface area contributed by atoms with Crippen LogP contribution in [0.2, 0.25) is 0 Å². The van der Waals surface area contributed by atoms with E-state index in [2.05, 4.69) is 43.5 Å². The Morgan fingerprint density at radius 3 is 1.02 bits per heavy atom. The first-order valence-corrected chi connectivity index (χ1v) is 29.3. The van der Waals surface area contributed by atoms with Gasteiger partial charge >= 0.3 is 0 Å². The lowest BCUT2D eigenvalue weighted by molar-refractivity contribution is -0.124. The van der Waals surface area contributed by atoms with E-state index in [1.54, 1.807) is 6.08 Å². The quantitative estimate of drug-likeness (QED) is 0.0361. The second-order valence-electron chi connectivity index (χ2n) is 20.3. The molecule has 3 atom stereocenters. The maximum atomic E-state index is 12.5. The van der Waals surface area contributed by atoms with Gasteiger partial charge in [0.15, 0.2) is 0 Å². The lowest BCUT2D eigenvalue weighted by atomic mass is 10.0. The zero-order valence-electron chi connectivity index (χ0n) is 43.9. The van der Waals surface area contributed by atoms with Crippen molar-refractivity contribution in [1.82, 2.24) is 5.32 Å². The van der Waals surface area contributed by atoms with Crippen LogP contribution in [-0.2, 0) is 4.79 Å². The average Bonchev–Trinajstić information content (AvgIpc) is 3.30. The van der Waals surface area contributed by atoms with Crippen molar-refractivity contribution in [2.75, 3.05) is 6.61 Å². The molecular weight excluding hydrogens is 799 g/mol. The second kappa shape index (κ2) is 55.2. The fraction of sp³-hybridized carbons (Fsp3) is 0.883. The Bertz CT molecular complexity index is 1010. The number of rotatable bonds is 54. The highest BCUT2D eigenvalue weighted by atomic mass is 16.3. The summed E-state index contributed by atoms with van der Waals surface area (Å²) in [7, 11) is 0. The molecule has 0 heterocycles. The summed E-state index contributed by atoms with van der Waals surface area (Å²) in [6.07, 6.45) is 72.2. The first-order valence-electron chi connectivity index (χ1n) is 29.3. The molecule has 0 rings (SSSR count). The van der Waals surface area contributed by atoms with Crippen molar-refractivity contribution >= 4 is 5.91 Å². The van der Waals surface area contributed by atoms with E-state index in [1.165, 1.54) is 257 Å². The van der Waals surface area contributed by atoms with Crippen molar-refractivity contribution < 1.29 is 20.1 Å². The molecule has 0 spiro atoms. The molecule has 0 aromatic heterocycles. The number of carbonyl (C=O) groups excluding carboxylic acids is 1. The van der Waals surface area contributed by atoms with Crippen LogP contribution in [0.25, 0.3) is 0 Å². The van der Waals surface area contributed by atoms with E-state index in [1.807, 2.05) is 6.08 Å². The highest BCUT2D eigenvalue weighted by Crippen LogP contribution is 2.17. The van der Waals surface area contributed by atoms with Gasteiger partial charge in [0.1, 0.15) is 0 Å². The van der Waals surface area contributed by atoms with E-state index in [9.17, 15) is 20.1 Å². The predicted molar refractivity (Wildman–Crippen MR) is 287 cm³/mol. The Morgan fingerprint density at radius 1 is 0.400 bits per heavy atom. The fourth-order valence-electron chi connectivity index (χ4n) is 9.20. The molecule has 0 aromatic rings. The molecular formula is C60H115NO4. The predicted octanol–water partition coefficient (Wildman–Crippen LogP) is 18.2. The van der Waals surface area contributed by atoms with Gasteiger partial charge in [-0.1, -0.05) is 294 Å². The Morgan fingerprint density at radius 2 is 0.692 bits per heavy atom. The number of allylic oxidation sites excluding steroid dienone is 5. The molecule has 0 bridgehead atoms. The molecule has 0 saturated carbocycles. The van der Waals surface area contributed by atoms with E-state index in [4.69, 9.17) is 0 Å². The van der Waals surface area contributed by atoms with Crippen molar-refractivity contribution in [3.63, 3.8) is 0 Å². The summed E-state index contributed by atoms with van der Waals surface area (Å²) in [5.74, 6) is -0.313. The Hall–Kier alpha value is -1.43. The molecule has 0 fully saturated rings. The number of aliphatic hydroxyl groups is 3. The molecule has 1 amide bonds. The van der Waals surface area contributed by atoms with Crippen LogP contribution in [0.4, 0.5) is 0 Å². The minimum atomic E-state index is -0.928. The van der Waals surface area contributed by atoms with E-state index < -0.39 is 18.2 Å². The lowest BCUT2D eigenvalue weighted by Gasteiger charge is -2.21. The number of unbranched alkanes of at least 4 members (excludes halogenated alkanes) is 41. The van der Waals surface area contributed by atoms with Crippen LogP contribution >= 0.6 is 0 Å². The fourth-order valence-corrected chi connectivity index (χ4v) is 9.20. The number of hydrogen-bond acceptors (Lipinski definition) is 4. The molecule has 384 valence electrons. The third-order valence-electron chi connectivity index (χ3n) is 13.7. The van der Waals surface area contributed by atoms with Crippen molar-refractivity contribution in [2.45, 2.75) is 334 Å². The van der Waals surface area contributed by atoms with Crippen molar-refractivity contribution in [2.24, 2.45) is 0 Å². The Kier molecular flexibility index (Phi) is 54.0. The molecule has 3 unspecified atom stereocenters. The first-order chi connectivity index (χ1) is 32.0. The molecule has 0 radical (unpaired) electrons. The molecule has 0 aliphatic rings. The van der Waals surface area contributed by atoms with Gasteiger partial charge in [0.2, 0.25) is 5.91 Å². The maximum Gasteiger partial charge on any atom is 0.222 e. The molecule has 5 nitrogen and oxygen atoms in total. The van der Waals surface area contributed by atoms with Gasteiger partial charge in [-0.15, -0.1) is 0 Å². The molecule has 5 heteroatoms. The van der Waals surface area contributed by atoms with Gasteiger partial charge < -0.3 is 20.6 Å². The summed E-state index contributed by atoms with van der Waals surface area (Å²) >= 11 is 0. The van der Waals surface area contributed by atoms with Gasteiger partial charge in [-0.25, -0.2) is 0 Å². The SMILES string of the molecule is CCCCCCCCCCCCC/C=C/C(O)C(CO)NC(=O)CC(O)CCCCCCCCCCCCCCCCC/C=C\C/C=C\CCCCCCCCCCCCCCCCC. The zero-order chi connectivity index (χ0) is 47.2. The molecule has 0 aliphatic heterocycles. The number of nitrogens with one attached hydrogen (secondary N) is 1. The molecule has 65 heavy (non-hydrogen) atoms. The van der Waals surface area contributed by atoms with Gasteiger partial charge in [-0.2, -0.15) is 0 Å². The van der Waals surface area contributed by atoms with Gasteiger partial charge in [-0.3, -0.25) is 4.79 Å². The zero-order valence-corrected chi connectivity index (χ0v) is 43.9. The molecule has 0 aliphatic carbocycles. The summed E-state index contributed by atoms with van der Waals surface area (Å²) in [4.78, 5) is 12.5. The summed E-state index contributed by atoms with van der Waals surface area (Å²) in [6, 6.07) is -0.743. The minimum absolute atomic E-state index is 0.0150. The molecule has 0 saturated heterocycles. The third kappa shape index (κ3) is 51.8. The molecule has 4 N–H and O–H groups in total. The van der Waals surface area contributed by atoms with E-state index in [-0.39, 0.29) is 18.9 Å². The van der Waals surface area contributed by atoms with Gasteiger partial charge in [0, 0.05) is 0 Å². The van der Waals surface area contributed by atoms with Crippen molar-refractivity contribution in [3.05, 3.63) is 36.5 Å². The number of carbonyl (C=O) groups is 1. The summed E-state index contributed by atoms with van der Waals surface area (Å²) < 4.78 is 0. The standard InChI is InChI=1S/C60H115NO4/c1-3-5-7-9-11-13-15-17-18-19-20-21-22-23-24-25-26-27-28-29-30-31-32-33-34-35-36-37-38-39-40-42-43-45-47-49-51-53-57(63)55-60(65)61-58(56-62)59(64)54-52-50-48-46-44-41-16-14-12-10-8-6-4-2/h26-27,29-30,52,54,57-59,62-64H,3-25,28,31-51,53,55-56H2,1-2H3,(H,61,65)/b27-26-,30-29-,54-52+. The summed E-state index contributed by atoms with van der Waals surface area (Å²) in [5.41, 5.74) is 0. The van der Waals surface area contributed by atoms with E-state index >= 15 is 0 Å². The van der Waals surface area contributed by atoms with E-state index in [0.29, 0.717) is 6.42 Å². The highest BCUT2D eigenvalue weighted by molar-refractivity contribution is 5.76. The minimum Gasteiger partial charge on any atom is -0.394 e. The molecule has 0 aromatic carbocycles. The van der Waals surface area contributed by atoms with Crippen LogP contribution in [0.3, 0.4) is 0 Å². The number of aliphatic hydroxyl groups excluding tert-OH is 3. The topological polar surface area (TPSA) is 89.8 Å². The number of hydrogen-bond donors (Lipinski definition) is 4. The summed E-state index contributed by atoms with van der Waals surface area (Å²) in [5, 5.41) is 33.4. The monoisotopic (exact) mass is 914 g/mol. The van der Waals surface area contributed by atoms with Gasteiger partial charge in [0.05, 0.1) is 31.3 Å². The maximum absolute atomic E-state index is 12.5. The van der Waals surface area contributed by atoms with Gasteiger partial charge in [0.25, 0.3) is 0 Å². The van der Waals surface area contributed by atoms with Crippen molar-refractivity contribution in [3.8, 4) is 0 Å². The van der Waals surface area contributed by atoms with Crippen LogP contribution in [0.1, 0.15) is 316 Å². The second-order valence-corrected chi connectivity index (χ2v) is 20.3. The van der Waals surface area contributed by atoms with Crippen LogP contribution < -0.4 is 5.32 Å². The average molecular weight is 915 g/mol. The van der Waals surface area contributed by atoms with Crippen LogP contribution in [0.5, 0.6) is 0 Å². The van der Waals surface area contributed by atoms with Crippen LogP contribution in [0, 0.1) is 0 Å². The first kappa shape index (κ1) is 63.6. The van der Waals surface area contributed by atoms with Crippen molar-refractivity contribution in [1.29, 1.82) is 0 Å². The normalized spacial score (nSPS) is 13.5. The largest absolute Gasteiger partial charge is 0.394 e. The van der Waals surface area contributed by atoms with E-state index in [0.717, 1.165) is 32.1 Å². The Balaban J connectivity index is 3.48. The van der Waals surface area contributed by atoms with Gasteiger partial charge in [-0.05, 0) is 51.4 Å². The van der Waals surface area contributed by atoms with Crippen LogP contribution in [-0.4, -0.2) is 46.1 Å². The summed E-state index contributed by atoms with van der Waals surface area (Å²) in [6.45, 7) is 4.23. The smallest absolute Gasteiger partial charge is 0.222 e. The highest BCUT2D eigenvalue weighted by Gasteiger charge is 2.20. The van der Waals surface area contributed by atoms with Crippen LogP contribution in [0.15, 0.2) is 36.5 Å². The third-order valence-corrected chi connectivity index (χ3v) is 13.7.